The van der Waals surface area contributed by atoms with Crippen molar-refractivity contribution in [2.24, 2.45) is 0 Å². The summed E-state index contributed by atoms with van der Waals surface area (Å²) in [5.74, 6) is 0. The Kier molecular flexibility index (Phi) is 3.60. The zero-order chi connectivity index (χ0) is 11.7. The Hall–Kier alpha value is -0.470. The summed E-state index contributed by atoms with van der Waals surface area (Å²) < 4.78 is 0. The Morgan fingerprint density at radius 2 is 1.50 bits per heavy atom. The molecule has 0 amide bonds. The Morgan fingerprint density at radius 1 is 0.875 bits per heavy atom. The highest BCUT2D eigenvalue weighted by Crippen LogP contribution is 2.34. The largest absolute Gasteiger partial charge is 0.243 e. The van der Waals surface area contributed by atoms with Crippen molar-refractivity contribution in [3.8, 4) is 11.1 Å². The van der Waals surface area contributed by atoms with Crippen LogP contribution in [0.15, 0.2) is 30.5 Å². The number of hydrogen-bond acceptors (Lipinski definition) is 1. The number of rotatable bonds is 1. The number of pyridine rings is 1. The monoisotopic (exact) mass is 291 g/mol. The van der Waals surface area contributed by atoms with E-state index in [0.29, 0.717) is 15.1 Å². The first-order chi connectivity index (χ1) is 7.58. The van der Waals surface area contributed by atoms with Crippen LogP contribution in [0.3, 0.4) is 0 Å². The molecule has 0 N–H and O–H groups in total. The Morgan fingerprint density at radius 3 is 2.12 bits per heavy atom. The van der Waals surface area contributed by atoms with Crippen LogP contribution in [-0.2, 0) is 0 Å². The van der Waals surface area contributed by atoms with Gasteiger partial charge in [0.25, 0.3) is 0 Å². The molecule has 0 saturated heterocycles. The predicted octanol–water partition coefficient (Wildman–Crippen LogP) is 5.36. The average molecular weight is 293 g/mol. The maximum absolute atomic E-state index is 6.05. The van der Waals surface area contributed by atoms with Crippen molar-refractivity contribution in [3.05, 3.63) is 50.7 Å². The van der Waals surface area contributed by atoms with Gasteiger partial charge in [-0.3, -0.25) is 0 Å². The summed E-state index contributed by atoms with van der Waals surface area (Å²) >= 11 is 23.7. The number of benzene rings is 1. The molecule has 1 nitrogen and oxygen atoms in total. The fourth-order valence-corrected chi connectivity index (χ4v) is 2.26. The molecule has 0 radical (unpaired) electrons. The third-order valence-corrected chi connectivity index (χ3v) is 3.22. The molecule has 2 aromatic rings. The number of hydrogen-bond donors (Lipinski definition) is 0. The molecule has 0 spiro atoms. The molecule has 5 heteroatoms. The van der Waals surface area contributed by atoms with Crippen molar-refractivity contribution in [2.75, 3.05) is 0 Å². The highest BCUT2D eigenvalue weighted by molar-refractivity contribution is 6.43. The second-order valence-corrected chi connectivity index (χ2v) is 4.73. The van der Waals surface area contributed by atoms with E-state index >= 15 is 0 Å². The molecule has 1 aromatic heterocycles. The molecule has 0 unspecified atom stereocenters. The van der Waals surface area contributed by atoms with E-state index in [1.54, 1.807) is 30.5 Å². The summed E-state index contributed by atoms with van der Waals surface area (Å²) in [7, 11) is 0. The Labute approximate surface area is 113 Å². The molecule has 16 heavy (non-hydrogen) atoms. The zero-order valence-electron chi connectivity index (χ0n) is 7.85. The van der Waals surface area contributed by atoms with Gasteiger partial charge in [0.15, 0.2) is 0 Å². The van der Waals surface area contributed by atoms with E-state index in [1.165, 1.54) is 0 Å². The van der Waals surface area contributed by atoms with E-state index in [2.05, 4.69) is 4.98 Å². The Bertz CT molecular complexity index is 519. The van der Waals surface area contributed by atoms with Crippen LogP contribution >= 0.6 is 46.4 Å². The lowest BCUT2D eigenvalue weighted by molar-refractivity contribution is 1.33. The molecule has 0 saturated carbocycles. The lowest BCUT2D eigenvalue weighted by Crippen LogP contribution is -1.83. The van der Waals surface area contributed by atoms with Crippen molar-refractivity contribution in [2.45, 2.75) is 0 Å². The fourth-order valence-electron chi connectivity index (χ4n) is 1.35. The topological polar surface area (TPSA) is 12.9 Å². The third-order valence-electron chi connectivity index (χ3n) is 2.02. The van der Waals surface area contributed by atoms with Crippen LogP contribution in [0.1, 0.15) is 0 Å². The lowest BCUT2D eigenvalue weighted by atomic mass is 10.1. The quantitative estimate of drug-likeness (QED) is 0.645. The van der Waals surface area contributed by atoms with Crippen LogP contribution < -0.4 is 0 Å². The van der Waals surface area contributed by atoms with Gasteiger partial charge in [-0.25, -0.2) is 4.98 Å². The molecule has 0 atom stereocenters. The van der Waals surface area contributed by atoms with Gasteiger partial charge in [-0.2, -0.15) is 0 Å². The smallest absolute Gasteiger partial charge is 0.148 e. The van der Waals surface area contributed by atoms with E-state index in [-0.39, 0.29) is 5.15 Å². The molecule has 0 fully saturated rings. The first-order valence-electron chi connectivity index (χ1n) is 4.34. The number of halogens is 4. The van der Waals surface area contributed by atoms with Gasteiger partial charge in [0, 0.05) is 21.8 Å². The number of aromatic nitrogens is 1. The predicted molar refractivity (Wildman–Crippen MR) is 69.7 cm³/mol. The molecule has 0 aliphatic heterocycles. The standard InChI is InChI=1S/C11H5Cl4N/c12-7-3-6(4-8(13)5-7)9-1-2-16-11(15)10(9)14/h1-5H. The van der Waals surface area contributed by atoms with Crippen molar-refractivity contribution >= 4 is 46.4 Å². The van der Waals surface area contributed by atoms with Gasteiger partial charge in [0.2, 0.25) is 0 Å². The number of nitrogens with zero attached hydrogens (tertiary/aromatic N) is 1. The van der Waals surface area contributed by atoms with Crippen LogP contribution in [0.25, 0.3) is 11.1 Å². The Balaban J connectivity index is 2.63. The highest BCUT2D eigenvalue weighted by atomic mass is 35.5. The summed E-state index contributed by atoms with van der Waals surface area (Å²) in [5.41, 5.74) is 1.57. The SMILES string of the molecule is Clc1cc(Cl)cc(-c2ccnc(Cl)c2Cl)c1. The molecule has 1 heterocycles. The van der Waals surface area contributed by atoms with Gasteiger partial charge in [-0.15, -0.1) is 0 Å². The van der Waals surface area contributed by atoms with E-state index in [0.717, 1.165) is 11.1 Å². The maximum Gasteiger partial charge on any atom is 0.148 e. The van der Waals surface area contributed by atoms with Gasteiger partial charge in [0.1, 0.15) is 5.15 Å². The fraction of sp³-hybridized carbons (Fsp3) is 0. The third kappa shape index (κ3) is 2.44. The van der Waals surface area contributed by atoms with Crippen LogP contribution in [0.2, 0.25) is 20.2 Å². The molecule has 0 bridgehead atoms. The minimum Gasteiger partial charge on any atom is -0.243 e. The molecule has 0 aliphatic carbocycles. The van der Waals surface area contributed by atoms with Crippen LogP contribution in [0.4, 0.5) is 0 Å². The maximum atomic E-state index is 6.05. The summed E-state index contributed by atoms with van der Waals surface area (Å²) in [5, 5.41) is 1.75. The summed E-state index contributed by atoms with van der Waals surface area (Å²) in [6.07, 6.45) is 1.58. The van der Waals surface area contributed by atoms with Gasteiger partial charge < -0.3 is 0 Å². The van der Waals surface area contributed by atoms with Gasteiger partial charge in [-0.05, 0) is 29.8 Å². The van der Waals surface area contributed by atoms with E-state index in [9.17, 15) is 0 Å². The van der Waals surface area contributed by atoms with Crippen LogP contribution in [0.5, 0.6) is 0 Å². The van der Waals surface area contributed by atoms with E-state index < -0.39 is 0 Å². The van der Waals surface area contributed by atoms with Crippen molar-refractivity contribution in [3.63, 3.8) is 0 Å². The first-order valence-corrected chi connectivity index (χ1v) is 5.85. The molecule has 0 aliphatic rings. The second kappa shape index (κ2) is 4.80. The first kappa shape index (κ1) is 12.0. The van der Waals surface area contributed by atoms with Gasteiger partial charge in [0.05, 0.1) is 5.02 Å². The molecular formula is C11H5Cl4N. The second-order valence-electron chi connectivity index (χ2n) is 3.12. The van der Waals surface area contributed by atoms with E-state index in [4.69, 9.17) is 46.4 Å². The summed E-state index contributed by atoms with van der Waals surface area (Å²) in [4.78, 5) is 3.88. The molecule has 82 valence electrons. The van der Waals surface area contributed by atoms with Gasteiger partial charge >= 0.3 is 0 Å². The lowest BCUT2D eigenvalue weighted by Gasteiger charge is -2.06. The summed E-state index contributed by atoms with van der Waals surface area (Å²) in [6, 6.07) is 6.95. The zero-order valence-corrected chi connectivity index (χ0v) is 10.9. The minimum atomic E-state index is 0.260. The highest BCUT2D eigenvalue weighted by Gasteiger charge is 2.09. The van der Waals surface area contributed by atoms with Crippen molar-refractivity contribution in [1.82, 2.24) is 4.98 Å². The van der Waals surface area contributed by atoms with Crippen LogP contribution in [0, 0.1) is 0 Å². The molecule has 2 rings (SSSR count). The van der Waals surface area contributed by atoms with Crippen LogP contribution in [-0.4, -0.2) is 4.98 Å². The molecule has 1 aromatic carbocycles. The molecular weight excluding hydrogens is 288 g/mol. The summed E-state index contributed by atoms with van der Waals surface area (Å²) in [6.45, 7) is 0. The normalized spacial score (nSPS) is 10.5. The minimum absolute atomic E-state index is 0.260. The average Bonchev–Trinajstić information content (AvgIpc) is 2.20. The van der Waals surface area contributed by atoms with Gasteiger partial charge in [-0.1, -0.05) is 46.4 Å². The van der Waals surface area contributed by atoms with Crippen molar-refractivity contribution < 1.29 is 0 Å². The van der Waals surface area contributed by atoms with E-state index in [1.807, 2.05) is 0 Å². The van der Waals surface area contributed by atoms with Crippen molar-refractivity contribution in [1.29, 1.82) is 0 Å².